The molecule has 0 saturated heterocycles. The second kappa shape index (κ2) is 13.0. The second-order valence-corrected chi connectivity index (χ2v) is 8.67. The van der Waals surface area contributed by atoms with E-state index >= 15 is 0 Å². The number of tetrazole rings is 1. The Balaban J connectivity index is 1.75. The van der Waals surface area contributed by atoms with Crippen molar-refractivity contribution >= 4 is 11.8 Å². The number of aromatic nitrogens is 4. The van der Waals surface area contributed by atoms with Crippen LogP contribution in [0.3, 0.4) is 0 Å². The first-order valence-electron chi connectivity index (χ1n) is 12.2. The van der Waals surface area contributed by atoms with Crippen molar-refractivity contribution in [3.05, 3.63) is 18.2 Å². The number of amides is 2. The Morgan fingerprint density at radius 3 is 2.63 bits per heavy atom. The van der Waals surface area contributed by atoms with Crippen LogP contribution in [0.25, 0.3) is 11.4 Å². The van der Waals surface area contributed by atoms with Crippen LogP contribution in [-0.2, 0) is 16.1 Å². The molecule has 1 fully saturated rings. The minimum Gasteiger partial charge on any atom is -0.493 e. The lowest BCUT2D eigenvalue weighted by atomic mass is 10.1. The van der Waals surface area contributed by atoms with Gasteiger partial charge in [-0.15, -0.1) is 10.2 Å². The van der Waals surface area contributed by atoms with Gasteiger partial charge in [0, 0.05) is 24.8 Å². The Bertz CT molecular complexity index is 975. The number of methoxy groups -OCH3 is 2. The highest BCUT2D eigenvalue weighted by molar-refractivity contribution is 5.87. The maximum Gasteiger partial charge on any atom is 0.246 e. The minimum atomic E-state index is -0.603. The summed E-state index contributed by atoms with van der Waals surface area (Å²) in [7, 11) is 3.10. The van der Waals surface area contributed by atoms with Crippen LogP contribution in [0.4, 0.5) is 0 Å². The molecule has 1 aromatic carbocycles. The number of nitrogens with zero attached hydrogens (tertiary/aromatic N) is 5. The van der Waals surface area contributed by atoms with Gasteiger partial charge in [0.15, 0.2) is 11.5 Å². The summed E-state index contributed by atoms with van der Waals surface area (Å²) in [5.41, 5.74) is 0.665. The molecule has 0 radical (unpaired) electrons. The van der Waals surface area contributed by atoms with Crippen LogP contribution in [0, 0.1) is 0 Å². The number of aliphatic hydroxyl groups is 1. The van der Waals surface area contributed by atoms with Crippen molar-refractivity contribution in [2.24, 2.45) is 0 Å². The summed E-state index contributed by atoms with van der Waals surface area (Å²) in [6.07, 6.45) is 5.82. The van der Waals surface area contributed by atoms with Crippen LogP contribution in [0.5, 0.6) is 11.5 Å². The van der Waals surface area contributed by atoms with Crippen LogP contribution in [0.2, 0.25) is 0 Å². The number of carbonyl (C=O) groups excluding carboxylic acids is 2. The third-order valence-electron chi connectivity index (χ3n) is 6.19. The average Bonchev–Trinajstić information content (AvgIpc) is 3.55. The predicted octanol–water partition coefficient (Wildman–Crippen LogP) is 1.80. The summed E-state index contributed by atoms with van der Waals surface area (Å²) in [5.74, 6) is 1.02. The van der Waals surface area contributed by atoms with Gasteiger partial charge < -0.3 is 24.8 Å². The number of nitrogens with one attached hydrogen (secondary N) is 1. The standard InChI is InChI=1S/C24H36N6O5/c1-4-8-19(24(33)25-18-9-5-6-10-18)29(13-7-14-31)22(32)16-30-27-23(26-28-30)17-11-12-20(34-2)21(15-17)35-3/h11-12,15,18-19,31H,4-10,13-14,16H2,1-3H3,(H,25,33). The van der Waals surface area contributed by atoms with Crippen molar-refractivity contribution < 1.29 is 24.2 Å². The molecule has 35 heavy (non-hydrogen) atoms. The molecule has 2 aromatic rings. The summed E-state index contributed by atoms with van der Waals surface area (Å²) in [6.45, 7) is 2.02. The van der Waals surface area contributed by atoms with Crippen LogP contribution in [0.1, 0.15) is 51.9 Å². The molecule has 1 saturated carbocycles. The molecule has 3 rings (SSSR count). The van der Waals surface area contributed by atoms with E-state index < -0.39 is 6.04 Å². The van der Waals surface area contributed by atoms with Crippen molar-refractivity contribution in [2.45, 2.75) is 70.5 Å². The Morgan fingerprint density at radius 2 is 1.97 bits per heavy atom. The lowest BCUT2D eigenvalue weighted by Crippen LogP contribution is -2.52. The lowest BCUT2D eigenvalue weighted by Gasteiger charge is -2.31. The highest BCUT2D eigenvalue weighted by Gasteiger charge is 2.31. The average molecular weight is 489 g/mol. The van der Waals surface area contributed by atoms with E-state index in [1.54, 1.807) is 37.3 Å². The van der Waals surface area contributed by atoms with Gasteiger partial charge in [0.25, 0.3) is 0 Å². The first-order valence-corrected chi connectivity index (χ1v) is 12.2. The summed E-state index contributed by atoms with van der Waals surface area (Å²) in [4.78, 5) is 29.2. The minimum absolute atomic E-state index is 0.0715. The molecule has 1 aliphatic carbocycles. The fourth-order valence-corrected chi connectivity index (χ4v) is 4.38. The van der Waals surface area contributed by atoms with Gasteiger partial charge in [-0.2, -0.15) is 4.80 Å². The molecule has 11 heteroatoms. The van der Waals surface area contributed by atoms with Gasteiger partial charge in [-0.1, -0.05) is 26.2 Å². The number of benzene rings is 1. The molecule has 1 atom stereocenters. The Labute approximate surface area is 205 Å². The van der Waals surface area contributed by atoms with Crippen molar-refractivity contribution in [1.82, 2.24) is 30.4 Å². The molecule has 2 amide bonds. The van der Waals surface area contributed by atoms with Crippen LogP contribution < -0.4 is 14.8 Å². The number of ether oxygens (including phenoxy) is 2. The highest BCUT2D eigenvalue weighted by atomic mass is 16.5. The lowest BCUT2D eigenvalue weighted by molar-refractivity contribution is -0.142. The van der Waals surface area contributed by atoms with Gasteiger partial charge in [0.05, 0.1) is 14.2 Å². The summed E-state index contributed by atoms with van der Waals surface area (Å²) in [6, 6.07) is 4.82. The molecule has 192 valence electrons. The van der Waals surface area contributed by atoms with E-state index in [0.717, 1.165) is 32.1 Å². The molecule has 0 aliphatic heterocycles. The van der Waals surface area contributed by atoms with E-state index in [1.807, 2.05) is 6.92 Å². The van der Waals surface area contributed by atoms with Gasteiger partial charge in [-0.25, -0.2) is 0 Å². The molecule has 1 heterocycles. The van der Waals surface area contributed by atoms with Gasteiger partial charge in [-0.3, -0.25) is 9.59 Å². The van der Waals surface area contributed by atoms with Crippen molar-refractivity contribution in [3.63, 3.8) is 0 Å². The molecule has 11 nitrogen and oxygen atoms in total. The van der Waals surface area contributed by atoms with E-state index in [0.29, 0.717) is 35.7 Å². The van der Waals surface area contributed by atoms with E-state index in [2.05, 4.69) is 20.7 Å². The molecular formula is C24H36N6O5. The third kappa shape index (κ3) is 6.91. The van der Waals surface area contributed by atoms with Gasteiger partial charge in [-0.05, 0) is 49.1 Å². The molecule has 1 aliphatic rings. The van der Waals surface area contributed by atoms with Crippen LogP contribution in [-0.4, -0.2) is 81.5 Å². The number of hydrogen-bond donors (Lipinski definition) is 2. The number of hydrogen-bond acceptors (Lipinski definition) is 8. The zero-order valence-corrected chi connectivity index (χ0v) is 20.8. The van der Waals surface area contributed by atoms with Gasteiger partial charge in [0.2, 0.25) is 17.6 Å². The normalized spacial score (nSPS) is 14.5. The largest absolute Gasteiger partial charge is 0.493 e. The van der Waals surface area contributed by atoms with Crippen LogP contribution in [0.15, 0.2) is 18.2 Å². The van der Waals surface area contributed by atoms with Gasteiger partial charge in [0.1, 0.15) is 12.6 Å². The van der Waals surface area contributed by atoms with E-state index in [-0.39, 0.29) is 37.6 Å². The van der Waals surface area contributed by atoms with E-state index in [9.17, 15) is 14.7 Å². The SMILES string of the molecule is CCCC(C(=O)NC1CCCC1)N(CCCO)C(=O)Cn1nnc(-c2ccc(OC)c(OC)c2)n1. The summed E-state index contributed by atoms with van der Waals surface area (Å²) < 4.78 is 10.6. The number of aliphatic hydroxyl groups excluding tert-OH is 1. The Kier molecular flexibility index (Phi) is 9.83. The van der Waals surface area contributed by atoms with Crippen LogP contribution >= 0.6 is 0 Å². The zero-order valence-electron chi connectivity index (χ0n) is 20.8. The number of carbonyl (C=O) groups is 2. The third-order valence-corrected chi connectivity index (χ3v) is 6.19. The summed E-state index contributed by atoms with van der Waals surface area (Å²) >= 11 is 0. The second-order valence-electron chi connectivity index (χ2n) is 8.67. The monoisotopic (exact) mass is 488 g/mol. The fourth-order valence-electron chi connectivity index (χ4n) is 4.38. The molecule has 0 bridgehead atoms. The number of rotatable bonds is 13. The van der Waals surface area contributed by atoms with Gasteiger partial charge >= 0.3 is 0 Å². The maximum absolute atomic E-state index is 13.3. The predicted molar refractivity (Wildman–Crippen MR) is 129 cm³/mol. The molecule has 1 aromatic heterocycles. The van der Waals surface area contributed by atoms with E-state index in [1.165, 1.54) is 4.80 Å². The Hall–Kier alpha value is -3.21. The van der Waals surface area contributed by atoms with Crippen molar-refractivity contribution in [2.75, 3.05) is 27.4 Å². The maximum atomic E-state index is 13.3. The molecule has 2 N–H and O–H groups in total. The first-order chi connectivity index (χ1) is 17.0. The van der Waals surface area contributed by atoms with E-state index in [4.69, 9.17) is 9.47 Å². The Morgan fingerprint density at radius 1 is 1.23 bits per heavy atom. The van der Waals surface area contributed by atoms with Crippen molar-refractivity contribution in [1.29, 1.82) is 0 Å². The summed E-state index contributed by atoms with van der Waals surface area (Å²) in [5, 5.41) is 24.9. The molecular weight excluding hydrogens is 452 g/mol. The topological polar surface area (TPSA) is 132 Å². The first kappa shape index (κ1) is 26.4. The smallest absolute Gasteiger partial charge is 0.246 e. The van der Waals surface area contributed by atoms with Crippen molar-refractivity contribution in [3.8, 4) is 22.9 Å². The highest BCUT2D eigenvalue weighted by Crippen LogP contribution is 2.30. The molecule has 1 unspecified atom stereocenters. The molecule has 0 spiro atoms. The fraction of sp³-hybridized carbons (Fsp3) is 0.625. The zero-order chi connectivity index (χ0) is 25.2. The quantitative estimate of drug-likeness (QED) is 0.436.